The first kappa shape index (κ1) is 13.6. The van der Waals surface area contributed by atoms with Crippen LogP contribution in [0.15, 0.2) is 30.7 Å². The van der Waals surface area contributed by atoms with E-state index in [1.54, 1.807) is 0 Å². The summed E-state index contributed by atoms with van der Waals surface area (Å²) < 4.78 is 2.20. The number of imidazole rings is 1. The van der Waals surface area contributed by atoms with Crippen molar-refractivity contribution in [2.45, 2.75) is 39.7 Å². The van der Waals surface area contributed by atoms with E-state index in [0.717, 1.165) is 49.6 Å². The van der Waals surface area contributed by atoms with Crippen molar-refractivity contribution in [1.82, 2.24) is 14.5 Å². The van der Waals surface area contributed by atoms with Gasteiger partial charge in [-0.2, -0.15) is 0 Å². The van der Waals surface area contributed by atoms with Crippen molar-refractivity contribution < 1.29 is 0 Å². The van der Waals surface area contributed by atoms with E-state index in [9.17, 15) is 0 Å². The molecule has 0 unspecified atom stereocenters. The van der Waals surface area contributed by atoms with E-state index in [2.05, 4.69) is 39.8 Å². The number of nitrogens with one attached hydrogen (secondary N) is 1. The molecule has 0 aliphatic heterocycles. The predicted octanol–water partition coefficient (Wildman–Crippen LogP) is 3.10. The molecule has 2 aromatic rings. The number of anilines is 1. The highest BCUT2D eigenvalue weighted by molar-refractivity contribution is 5.43. The molecular weight excluding hydrogens is 236 g/mol. The molecule has 0 aromatic carbocycles. The summed E-state index contributed by atoms with van der Waals surface area (Å²) in [6.07, 6.45) is 8.80. The van der Waals surface area contributed by atoms with Crippen LogP contribution in [0.3, 0.4) is 0 Å². The molecule has 0 bridgehead atoms. The van der Waals surface area contributed by atoms with E-state index in [-0.39, 0.29) is 0 Å². The van der Waals surface area contributed by atoms with Gasteiger partial charge in [-0.05, 0) is 25.0 Å². The molecule has 4 nitrogen and oxygen atoms in total. The van der Waals surface area contributed by atoms with Crippen molar-refractivity contribution in [3.63, 3.8) is 0 Å². The molecule has 4 heteroatoms. The molecule has 0 amide bonds. The Labute approximate surface area is 114 Å². The number of aromatic nitrogens is 3. The van der Waals surface area contributed by atoms with Gasteiger partial charge in [-0.25, -0.2) is 4.98 Å². The Morgan fingerprint density at radius 1 is 1.16 bits per heavy atom. The molecule has 0 aliphatic rings. The van der Waals surface area contributed by atoms with Gasteiger partial charge in [-0.3, -0.25) is 4.98 Å². The number of pyridine rings is 1. The third-order valence-corrected chi connectivity index (χ3v) is 3.00. The lowest BCUT2D eigenvalue weighted by atomic mass is 10.2. The Morgan fingerprint density at radius 3 is 2.84 bits per heavy atom. The average molecular weight is 258 g/mol. The average Bonchev–Trinajstić information content (AvgIpc) is 2.85. The molecule has 0 atom stereocenters. The van der Waals surface area contributed by atoms with Crippen LogP contribution in [0, 0.1) is 0 Å². The fourth-order valence-corrected chi connectivity index (χ4v) is 2.07. The van der Waals surface area contributed by atoms with Crippen LogP contribution < -0.4 is 5.32 Å². The third-order valence-electron chi connectivity index (χ3n) is 3.00. The Morgan fingerprint density at radius 2 is 2.05 bits per heavy atom. The van der Waals surface area contributed by atoms with Crippen molar-refractivity contribution in [3.8, 4) is 0 Å². The van der Waals surface area contributed by atoms with E-state index in [0.29, 0.717) is 0 Å². The Bertz CT molecular complexity index is 504. The SMILES string of the molecule is CCCNc1ccnc(Cc2nccn2CCC)c1. The molecule has 2 aromatic heterocycles. The van der Waals surface area contributed by atoms with Gasteiger partial charge in [-0.15, -0.1) is 0 Å². The van der Waals surface area contributed by atoms with Crippen LogP contribution in [-0.4, -0.2) is 21.1 Å². The first-order valence-electron chi connectivity index (χ1n) is 7.02. The molecule has 1 N–H and O–H groups in total. The lowest BCUT2D eigenvalue weighted by Gasteiger charge is -2.08. The fraction of sp³-hybridized carbons (Fsp3) is 0.467. The normalized spacial score (nSPS) is 10.6. The maximum absolute atomic E-state index is 4.43. The van der Waals surface area contributed by atoms with Gasteiger partial charge in [0.1, 0.15) is 5.82 Å². The summed E-state index contributed by atoms with van der Waals surface area (Å²) in [6.45, 7) is 6.35. The second-order valence-electron chi connectivity index (χ2n) is 4.68. The predicted molar refractivity (Wildman–Crippen MR) is 78.3 cm³/mol. The maximum atomic E-state index is 4.43. The van der Waals surface area contributed by atoms with Crippen molar-refractivity contribution >= 4 is 5.69 Å². The molecule has 0 radical (unpaired) electrons. The topological polar surface area (TPSA) is 42.7 Å². The van der Waals surface area contributed by atoms with Crippen molar-refractivity contribution in [3.05, 3.63) is 42.2 Å². The summed E-state index contributed by atoms with van der Waals surface area (Å²) >= 11 is 0. The van der Waals surface area contributed by atoms with Crippen molar-refractivity contribution in [2.75, 3.05) is 11.9 Å². The summed E-state index contributed by atoms with van der Waals surface area (Å²) in [6, 6.07) is 4.12. The molecule has 0 aliphatic carbocycles. The highest BCUT2D eigenvalue weighted by atomic mass is 15.1. The van der Waals surface area contributed by atoms with Gasteiger partial charge in [0, 0.05) is 49.5 Å². The summed E-state index contributed by atoms with van der Waals surface area (Å²) in [5.74, 6) is 1.09. The summed E-state index contributed by atoms with van der Waals surface area (Å²) in [5.41, 5.74) is 2.20. The molecule has 2 heterocycles. The summed E-state index contributed by atoms with van der Waals surface area (Å²) in [5, 5.41) is 3.39. The van der Waals surface area contributed by atoms with E-state index < -0.39 is 0 Å². The smallest absolute Gasteiger partial charge is 0.114 e. The number of aryl methyl sites for hydroxylation is 1. The second-order valence-corrected chi connectivity index (χ2v) is 4.68. The first-order chi connectivity index (χ1) is 9.33. The minimum atomic E-state index is 0.786. The molecule has 0 spiro atoms. The standard InChI is InChI=1S/C15H22N4/c1-3-6-16-13-5-7-17-14(11-13)12-15-18-8-10-19(15)9-4-2/h5,7-8,10-11H,3-4,6,9,12H2,1-2H3,(H,16,17). The Hall–Kier alpha value is -1.84. The highest BCUT2D eigenvalue weighted by Crippen LogP contribution is 2.12. The highest BCUT2D eigenvalue weighted by Gasteiger charge is 2.05. The quantitative estimate of drug-likeness (QED) is 0.830. The second kappa shape index (κ2) is 6.92. The van der Waals surface area contributed by atoms with E-state index in [4.69, 9.17) is 0 Å². The molecule has 102 valence electrons. The monoisotopic (exact) mass is 258 g/mol. The maximum Gasteiger partial charge on any atom is 0.114 e. The minimum absolute atomic E-state index is 0.786. The molecular formula is C15H22N4. The largest absolute Gasteiger partial charge is 0.385 e. The van der Waals surface area contributed by atoms with Crippen LogP contribution in [0.1, 0.15) is 38.2 Å². The van der Waals surface area contributed by atoms with Crippen molar-refractivity contribution in [2.24, 2.45) is 0 Å². The fourth-order valence-electron chi connectivity index (χ4n) is 2.07. The molecule has 0 saturated carbocycles. The van der Waals surface area contributed by atoms with Gasteiger partial charge in [0.05, 0.1) is 0 Å². The number of hydrogen-bond donors (Lipinski definition) is 1. The van der Waals surface area contributed by atoms with E-state index in [1.165, 1.54) is 0 Å². The summed E-state index contributed by atoms with van der Waals surface area (Å²) in [4.78, 5) is 8.85. The van der Waals surface area contributed by atoms with Crippen molar-refractivity contribution in [1.29, 1.82) is 0 Å². The first-order valence-corrected chi connectivity index (χ1v) is 7.02. The Kier molecular flexibility index (Phi) is 4.95. The van der Waals surface area contributed by atoms with Gasteiger partial charge in [0.2, 0.25) is 0 Å². The van der Waals surface area contributed by atoms with Crippen LogP contribution in [0.2, 0.25) is 0 Å². The number of hydrogen-bond acceptors (Lipinski definition) is 3. The minimum Gasteiger partial charge on any atom is -0.385 e. The molecule has 0 fully saturated rings. The Balaban J connectivity index is 2.07. The van der Waals surface area contributed by atoms with Crippen LogP contribution >= 0.6 is 0 Å². The number of rotatable bonds is 7. The zero-order valence-electron chi connectivity index (χ0n) is 11.8. The van der Waals surface area contributed by atoms with Gasteiger partial charge in [-0.1, -0.05) is 13.8 Å². The summed E-state index contributed by atoms with van der Waals surface area (Å²) in [7, 11) is 0. The zero-order chi connectivity index (χ0) is 13.5. The van der Waals surface area contributed by atoms with Gasteiger partial charge < -0.3 is 9.88 Å². The third kappa shape index (κ3) is 3.81. The zero-order valence-corrected chi connectivity index (χ0v) is 11.8. The van der Waals surface area contributed by atoms with Crippen LogP contribution in [0.5, 0.6) is 0 Å². The number of nitrogens with zero attached hydrogens (tertiary/aromatic N) is 3. The van der Waals surface area contributed by atoms with Crippen LogP contribution in [0.4, 0.5) is 5.69 Å². The van der Waals surface area contributed by atoms with Crippen LogP contribution in [-0.2, 0) is 13.0 Å². The molecule has 19 heavy (non-hydrogen) atoms. The molecule has 2 rings (SSSR count). The van der Waals surface area contributed by atoms with Gasteiger partial charge in [0.25, 0.3) is 0 Å². The lowest BCUT2D eigenvalue weighted by molar-refractivity contribution is 0.645. The van der Waals surface area contributed by atoms with E-state index in [1.807, 2.05) is 24.7 Å². The van der Waals surface area contributed by atoms with Crippen LogP contribution in [0.25, 0.3) is 0 Å². The van der Waals surface area contributed by atoms with E-state index >= 15 is 0 Å². The van der Waals surface area contributed by atoms with Gasteiger partial charge in [0.15, 0.2) is 0 Å². The lowest BCUT2D eigenvalue weighted by Crippen LogP contribution is -2.05. The molecule has 0 saturated heterocycles. The van der Waals surface area contributed by atoms with Gasteiger partial charge >= 0.3 is 0 Å².